The standard InChI is InChI=1S/C19H22O2/c1-6-7-8-15(4)9-10-19(14(2)3)16-11-17(20)13-18(12-16)21-5/h6-13,20H,1-2H2,3-5H3. The number of rotatable bonds is 6. The summed E-state index contributed by atoms with van der Waals surface area (Å²) in [5, 5.41) is 9.77. The fourth-order valence-corrected chi connectivity index (χ4v) is 1.83. The molecular weight excluding hydrogens is 260 g/mol. The molecule has 0 radical (unpaired) electrons. The van der Waals surface area contributed by atoms with Crippen LogP contribution in [-0.4, -0.2) is 12.2 Å². The fraction of sp³-hybridized carbons (Fsp3) is 0.158. The molecule has 0 aromatic heterocycles. The summed E-state index contributed by atoms with van der Waals surface area (Å²) in [6.07, 6.45) is 9.58. The lowest BCUT2D eigenvalue weighted by Gasteiger charge is -2.10. The molecule has 1 aromatic carbocycles. The number of allylic oxidation sites excluding steroid dienone is 8. The van der Waals surface area contributed by atoms with Crippen LogP contribution in [0.3, 0.4) is 0 Å². The molecule has 110 valence electrons. The highest BCUT2D eigenvalue weighted by Crippen LogP contribution is 2.29. The summed E-state index contributed by atoms with van der Waals surface area (Å²) >= 11 is 0. The van der Waals surface area contributed by atoms with Crippen LogP contribution in [0.5, 0.6) is 11.5 Å². The normalized spacial score (nSPS) is 12.5. The van der Waals surface area contributed by atoms with E-state index < -0.39 is 0 Å². The fourth-order valence-electron chi connectivity index (χ4n) is 1.83. The van der Waals surface area contributed by atoms with Crippen molar-refractivity contribution >= 4 is 5.57 Å². The SMILES string of the molecule is C=CC=CC(C)=CC=C(C(=C)C)c1cc(O)cc(OC)c1. The van der Waals surface area contributed by atoms with Crippen molar-refractivity contribution in [2.24, 2.45) is 0 Å². The van der Waals surface area contributed by atoms with Gasteiger partial charge < -0.3 is 9.84 Å². The molecule has 0 unspecified atom stereocenters. The number of benzene rings is 1. The molecule has 0 heterocycles. The van der Waals surface area contributed by atoms with E-state index in [1.807, 2.05) is 44.2 Å². The molecule has 1 aromatic rings. The van der Waals surface area contributed by atoms with Gasteiger partial charge in [0.05, 0.1) is 7.11 Å². The Morgan fingerprint density at radius 3 is 2.48 bits per heavy atom. The molecule has 1 rings (SSSR count). The van der Waals surface area contributed by atoms with E-state index >= 15 is 0 Å². The van der Waals surface area contributed by atoms with Crippen molar-refractivity contribution in [2.75, 3.05) is 7.11 Å². The monoisotopic (exact) mass is 282 g/mol. The van der Waals surface area contributed by atoms with Gasteiger partial charge in [-0.3, -0.25) is 0 Å². The molecule has 0 aliphatic rings. The minimum atomic E-state index is 0.170. The summed E-state index contributed by atoms with van der Waals surface area (Å²) < 4.78 is 5.19. The summed E-state index contributed by atoms with van der Waals surface area (Å²) in [6.45, 7) is 11.6. The topological polar surface area (TPSA) is 29.5 Å². The van der Waals surface area contributed by atoms with Gasteiger partial charge in [-0.05, 0) is 37.1 Å². The van der Waals surface area contributed by atoms with E-state index in [0.29, 0.717) is 5.75 Å². The molecular formula is C19H22O2. The number of aromatic hydroxyl groups is 1. The molecule has 0 atom stereocenters. The molecule has 0 saturated carbocycles. The van der Waals surface area contributed by atoms with E-state index in [-0.39, 0.29) is 5.75 Å². The van der Waals surface area contributed by atoms with Crippen LogP contribution < -0.4 is 4.74 Å². The van der Waals surface area contributed by atoms with Crippen molar-refractivity contribution in [2.45, 2.75) is 13.8 Å². The van der Waals surface area contributed by atoms with Gasteiger partial charge in [0.15, 0.2) is 0 Å². The quantitative estimate of drug-likeness (QED) is 0.740. The maximum Gasteiger partial charge on any atom is 0.123 e. The van der Waals surface area contributed by atoms with Crippen molar-refractivity contribution in [1.29, 1.82) is 0 Å². The molecule has 0 spiro atoms. The first kappa shape index (κ1) is 16.6. The summed E-state index contributed by atoms with van der Waals surface area (Å²) in [6, 6.07) is 5.15. The van der Waals surface area contributed by atoms with Gasteiger partial charge in [-0.15, -0.1) is 0 Å². The van der Waals surface area contributed by atoms with Crippen LogP contribution in [0.15, 0.2) is 72.9 Å². The van der Waals surface area contributed by atoms with Gasteiger partial charge in [-0.25, -0.2) is 0 Å². The van der Waals surface area contributed by atoms with Gasteiger partial charge in [-0.1, -0.05) is 54.7 Å². The molecule has 0 aliphatic heterocycles. The average Bonchev–Trinajstić information content (AvgIpc) is 2.44. The molecule has 0 saturated heterocycles. The second kappa shape index (κ2) is 7.95. The zero-order valence-electron chi connectivity index (χ0n) is 12.9. The molecule has 0 aliphatic carbocycles. The number of phenolic OH excluding ortho intramolecular Hbond substituents is 1. The highest BCUT2D eigenvalue weighted by atomic mass is 16.5. The molecule has 0 bridgehead atoms. The summed E-state index contributed by atoms with van der Waals surface area (Å²) in [5.41, 5.74) is 3.84. The lowest BCUT2D eigenvalue weighted by molar-refractivity contribution is 0.407. The van der Waals surface area contributed by atoms with Crippen LogP contribution in [0.1, 0.15) is 19.4 Å². The van der Waals surface area contributed by atoms with Crippen molar-refractivity contribution in [3.8, 4) is 11.5 Å². The Labute approximate surface area is 127 Å². The Morgan fingerprint density at radius 1 is 1.19 bits per heavy atom. The van der Waals surface area contributed by atoms with Crippen LogP contribution in [-0.2, 0) is 0 Å². The highest BCUT2D eigenvalue weighted by Gasteiger charge is 2.06. The van der Waals surface area contributed by atoms with Crippen LogP contribution >= 0.6 is 0 Å². The van der Waals surface area contributed by atoms with Gasteiger partial charge in [0.25, 0.3) is 0 Å². The van der Waals surface area contributed by atoms with Gasteiger partial charge in [-0.2, -0.15) is 0 Å². The van der Waals surface area contributed by atoms with E-state index in [9.17, 15) is 5.11 Å². The number of methoxy groups -OCH3 is 1. The number of hydrogen-bond donors (Lipinski definition) is 1. The highest BCUT2D eigenvalue weighted by molar-refractivity contribution is 5.80. The van der Waals surface area contributed by atoms with Gasteiger partial charge in [0.2, 0.25) is 0 Å². The molecule has 1 N–H and O–H groups in total. The Morgan fingerprint density at radius 2 is 1.90 bits per heavy atom. The maximum absolute atomic E-state index is 9.77. The average molecular weight is 282 g/mol. The molecule has 2 nitrogen and oxygen atoms in total. The third-order valence-electron chi connectivity index (χ3n) is 2.91. The Bertz CT molecular complexity index is 616. The number of hydrogen-bond acceptors (Lipinski definition) is 2. The summed E-state index contributed by atoms with van der Waals surface area (Å²) in [5.74, 6) is 0.785. The predicted molar refractivity (Wildman–Crippen MR) is 90.5 cm³/mol. The Balaban J connectivity index is 3.24. The van der Waals surface area contributed by atoms with Gasteiger partial charge >= 0.3 is 0 Å². The number of phenols is 1. The molecule has 21 heavy (non-hydrogen) atoms. The second-order valence-electron chi connectivity index (χ2n) is 4.79. The van der Waals surface area contributed by atoms with Crippen molar-refractivity contribution < 1.29 is 9.84 Å². The van der Waals surface area contributed by atoms with Crippen LogP contribution in [0, 0.1) is 0 Å². The van der Waals surface area contributed by atoms with Crippen molar-refractivity contribution in [3.63, 3.8) is 0 Å². The zero-order chi connectivity index (χ0) is 15.8. The Hall–Kier alpha value is -2.48. The smallest absolute Gasteiger partial charge is 0.123 e. The van der Waals surface area contributed by atoms with E-state index in [1.165, 1.54) is 0 Å². The van der Waals surface area contributed by atoms with E-state index in [2.05, 4.69) is 13.2 Å². The second-order valence-corrected chi connectivity index (χ2v) is 4.79. The lowest BCUT2D eigenvalue weighted by atomic mass is 9.98. The molecule has 2 heteroatoms. The van der Waals surface area contributed by atoms with E-state index in [0.717, 1.165) is 22.3 Å². The van der Waals surface area contributed by atoms with Crippen LogP contribution in [0.25, 0.3) is 5.57 Å². The molecule has 0 amide bonds. The first-order chi connectivity index (χ1) is 9.97. The van der Waals surface area contributed by atoms with Gasteiger partial charge in [0.1, 0.15) is 11.5 Å². The lowest BCUT2D eigenvalue weighted by Crippen LogP contribution is -1.89. The van der Waals surface area contributed by atoms with E-state index in [1.54, 1.807) is 25.3 Å². The largest absolute Gasteiger partial charge is 0.508 e. The number of ether oxygens (including phenoxy) is 1. The third-order valence-corrected chi connectivity index (χ3v) is 2.91. The minimum Gasteiger partial charge on any atom is -0.508 e. The van der Waals surface area contributed by atoms with Gasteiger partial charge in [0, 0.05) is 6.07 Å². The van der Waals surface area contributed by atoms with Crippen LogP contribution in [0.4, 0.5) is 0 Å². The van der Waals surface area contributed by atoms with Crippen LogP contribution in [0.2, 0.25) is 0 Å². The minimum absolute atomic E-state index is 0.170. The zero-order valence-corrected chi connectivity index (χ0v) is 12.9. The van der Waals surface area contributed by atoms with Crippen molar-refractivity contribution in [1.82, 2.24) is 0 Å². The summed E-state index contributed by atoms with van der Waals surface area (Å²) in [4.78, 5) is 0. The molecule has 0 fully saturated rings. The van der Waals surface area contributed by atoms with E-state index in [4.69, 9.17) is 4.74 Å². The first-order valence-electron chi connectivity index (χ1n) is 6.70. The summed E-state index contributed by atoms with van der Waals surface area (Å²) in [7, 11) is 1.58. The third kappa shape index (κ3) is 5.19. The van der Waals surface area contributed by atoms with Crippen molar-refractivity contribution in [3.05, 3.63) is 78.4 Å². The predicted octanol–water partition coefficient (Wildman–Crippen LogP) is 5.05. The maximum atomic E-state index is 9.77. The Kier molecular flexibility index (Phi) is 6.28. The first-order valence-corrected chi connectivity index (χ1v) is 6.70.